The molecule has 0 atom stereocenters. The van der Waals surface area contributed by atoms with E-state index < -0.39 is 0 Å². The molecule has 1 heterocycles. The molecule has 0 spiro atoms. The minimum atomic E-state index is 0.0646. The van der Waals surface area contributed by atoms with Crippen LogP contribution in [0.1, 0.15) is 30.6 Å². The highest BCUT2D eigenvalue weighted by Gasteiger charge is 2.32. The molecule has 1 aromatic carbocycles. The van der Waals surface area contributed by atoms with Gasteiger partial charge >= 0.3 is 0 Å². The summed E-state index contributed by atoms with van der Waals surface area (Å²) in [5.74, 6) is 0.0646. The molecule has 0 unspecified atom stereocenters. The second-order valence-corrected chi connectivity index (χ2v) is 6.23. The van der Waals surface area contributed by atoms with Gasteiger partial charge in [0.1, 0.15) is 0 Å². The zero-order valence-corrected chi connectivity index (χ0v) is 11.8. The molecule has 4 heteroatoms. The molecule has 17 heavy (non-hydrogen) atoms. The van der Waals surface area contributed by atoms with Gasteiger partial charge in [0.15, 0.2) is 0 Å². The van der Waals surface area contributed by atoms with Gasteiger partial charge in [-0.1, -0.05) is 13.8 Å². The van der Waals surface area contributed by atoms with Crippen LogP contribution in [0.15, 0.2) is 22.7 Å². The zero-order chi connectivity index (χ0) is 12.6. The molecular formula is C13H17BrN2O. The van der Waals surface area contributed by atoms with E-state index in [2.05, 4.69) is 29.8 Å². The maximum Gasteiger partial charge on any atom is 0.255 e. The Kier molecular flexibility index (Phi) is 3.17. The number of benzene rings is 1. The van der Waals surface area contributed by atoms with E-state index in [4.69, 9.17) is 5.73 Å². The number of hydrogen-bond acceptors (Lipinski definition) is 2. The average molecular weight is 297 g/mol. The molecular weight excluding hydrogens is 280 g/mol. The Bertz CT molecular complexity index is 457. The number of carbonyl (C=O) groups excluding carboxylic acids is 1. The number of amides is 1. The molecule has 0 saturated carbocycles. The van der Waals surface area contributed by atoms with Crippen molar-refractivity contribution in [3.63, 3.8) is 0 Å². The lowest BCUT2D eigenvalue weighted by Crippen LogP contribution is -2.30. The van der Waals surface area contributed by atoms with Crippen LogP contribution in [0.25, 0.3) is 0 Å². The Morgan fingerprint density at radius 3 is 2.76 bits per heavy atom. The van der Waals surface area contributed by atoms with Crippen molar-refractivity contribution in [2.45, 2.75) is 20.3 Å². The number of nitrogens with zero attached hydrogens (tertiary/aromatic N) is 1. The molecule has 1 aliphatic heterocycles. The van der Waals surface area contributed by atoms with E-state index in [1.807, 2.05) is 11.0 Å². The summed E-state index contributed by atoms with van der Waals surface area (Å²) >= 11 is 3.40. The van der Waals surface area contributed by atoms with Gasteiger partial charge < -0.3 is 10.6 Å². The largest absolute Gasteiger partial charge is 0.399 e. The Morgan fingerprint density at radius 2 is 2.18 bits per heavy atom. The molecule has 92 valence electrons. The Labute approximate surface area is 110 Å². The normalized spacial score (nSPS) is 18.4. The van der Waals surface area contributed by atoms with Crippen molar-refractivity contribution in [3.05, 3.63) is 28.2 Å². The van der Waals surface area contributed by atoms with Crippen molar-refractivity contribution in [2.24, 2.45) is 5.41 Å². The number of nitrogen functional groups attached to an aromatic ring is 1. The van der Waals surface area contributed by atoms with Gasteiger partial charge in [0.25, 0.3) is 5.91 Å². The third kappa shape index (κ3) is 2.63. The lowest BCUT2D eigenvalue weighted by molar-refractivity contribution is 0.0777. The average Bonchev–Trinajstić information content (AvgIpc) is 2.61. The van der Waals surface area contributed by atoms with Crippen LogP contribution < -0.4 is 5.73 Å². The third-order valence-corrected chi connectivity index (χ3v) is 3.88. The van der Waals surface area contributed by atoms with E-state index >= 15 is 0 Å². The van der Waals surface area contributed by atoms with E-state index in [1.165, 1.54) is 0 Å². The molecule has 3 nitrogen and oxygen atoms in total. The second-order valence-electron chi connectivity index (χ2n) is 5.38. The summed E-state index contributed by atoms with van der Waals surface area (Å²) in [7, 11) is 0. The number of nitrogens with two attached hydrogens (primary N) is 1. The predicted molar refractivity (Wildman–Crippen MR) is 72.9 cm³/mol. The van der Waals surface area contributed by atoms with E-state index in [9.17, 15) is 4.79 Å². The SMILES string of the molecule is CC1(C)CCN(C(=O)c2cc(N)ccc2Br)C1. The molecule has 2 rings (SSSR count). The van der Waals surface area contributed by atoms with Gasteiger partial charge in [-0.05, 0) is 46.0 Å². The first-order valence-corrected chi connectivity index (χ1v) is 6.53. The number of likely N-dealkylation sites (tertiary alicyclic amines) is 1. The summed E-state index contributed by atoms with van der Waals surface area (Å²) in [5, 5.41) is 0. The van der Waals surface area contributed by atoms with E-state index in [1.54, 1.807) is 12.1 Å². The Hall–Kier alpha value is -1.03. The molecule has 0 radical (unpaired) electrons. The molecule has 1 amide bonds. The topological polar surface area (TPSA) is 46.3 Å². The molecule has 0 aromatic heterocycles. The van der Waals surface area contributed by atoms with Crippen LogP contribution >= 0.6 is 15.9 Å². The molecule has 1 fully saturated rings. The van der Waals surface area contributed by atoms with Crippen LogP contribution in [0, 0.1) is 5.41 Å². The number of rotatable bonds is 1. The number of hydrogen-bond donors (Lipinski definition) is 1. The van der Waals surface area contributed by atoms with Crippen molar-refractivity contribution in [1.29, 1.82) is 0 Å². The van der Waals surface area contributed by atoms with Crippen LogP contribution in [-0.4, -0.2) is 23.9 Å². The highest BCUT2D eigenvalue weighted by Crippen LogP contribution is 2.31. The Morgan fingerprint density at radius 1 is 1.47 bits per heavy atom. The van der Waals surface area contributed by atoms with Crippen LogP contribution in [-0.2, 0) is 0 Å². The van der Waals surface area contributed by atoms with Gasteiger partial charge in [0, 0.05) is 23.2 Å². The minimum absolute atomic E-state index is 0.0646. The monoisotopic (exact) mass is 296 g/mol. The van der Waals surface area contributed by atoms with Gasteiger partial charge in [-0.3, -0.25) is 4.79 Å². The molecule has 0 aliphatic carbocycles. The fourth-order valence-corrected chi connectivity index (χ4v) is 2.58. The van der Waals surface area contributed by atoms with E-state index in [-0.39, 0.29) is 11.3 Å². The van der Waals surface area contributed by atoms with Gasteiger partial charge in [0.2, 0.25) is 0 Å². The molecule has 0 bridgehead atoms. The van der Waals surface area contributed by atoms with Crippen molar-refractivity contribution in [1.82, 2.24) is 4.90 Å². The standard InChI is InChI=1S/C13H17BrN2O/c1-13(2)5-6-16(8-13)12(17)10-7-9(15)3-4-11(10)14/h3-4,7H,5-6,8,15H2,1-2H3. The fraction of sp³-hybridized carbons (Fsp3) is 0.462. The maximum atomic E-state index is 12.3. The maximum absolute atomic E-state index is 12.3. The summed E-state index contributed by atoms with van der Waals surface area (Å²) in [6, 6.07) is 5.34. The lowest BCUT2D eigenvalue weighted by atomic mass is 9.93. The molecule has 2 N–H and O–H groups in total. The van der Waals surface area contributed by atoms with Crippen LogP contribution in [0.4, 0.5) is 5.69 Å². The fourth-order valence-electron chi connectivity index (χ4n) is 2.16. The van der Waals surface area contributed by atoms with Crippen molar-refractivity contribution in [2.75, 3.05) is 18.8 Å². The van der Waals surface area contributed by atoms with Crippen molar-refractivity contribution >= 4 is 27.5 Å². The van der Waals surface area contributed by atoms with Crippen LogP contribution in [0.2, 0.25) is 0 Å². The molecule has 1 aromatic rings. The lowest BCUT2D eigenvalue weighted by Gasteiger charge is -2.20. The molecule has 1 aliphatic rings. The first kappa shape index (κ1) is 12.4. The van der Waals surface area contributed by atoms with Gasteiger partial charge in [-0.15, -0.1) is 0 Å². The quantitative estimate of drug-likeness (QED) is 0.810. The van der Waals surface area contributed by atoms with E-state index in [0.717, 1.165) is 24.0 Å². The zero-order valence-electron chi connectivity index (χ0n) is 10.2. The molecule has 1 saturated heterocycles. The minimum Gasteiger partial charge on any atom is -0.399 e. The first-order valence-electron chi connectivity index (χ1n) is 5.73. The summed E-state index contributed by atoms with van der Waals surface area (Å²) < 4.78 is 0.807. The van der Waals surface area contributed by atoms with Gasteiger partial charge in [-0.25, -0.2) is 0 Å². The number of anilines is 1. The van der Waals surface area contributed by atoms with Crippen molar-refractivity contribution in [3.8, 4) is 0 Å². The summed E-state index contributed by atoms with van der Waals surface area (Å²) in [5.41, 5.74) is 7.23. The first-order chi connectivity index (χ1) is 7.89. The summed E-state index contributed by atoms with van der Waals surface area (Å²) in [6.45, 7) is 6.02. The highest BCUT2D eigenvalue weighted by atomic mass is 79.9. The number of carbonyl (C=O) groups is 1. The van der Waals surface area contributed by atoms with Gasteiger partial charge in [0.05, 0.1) is 5.56 Å². The third-order valence-electron chi connectivity index (χ3n) is 3.19. The van der Waals surface area contributed by atoms with E-state index in [0.29, 0.717) is 11.3 Å². The predicted octanol–water partition coefficient (Wildman–Crippen LogP) is 2.90. The Balaban J connectivity index is 2.23. The number of halogens is 1. The summed E-state index contributed by atoms with van der Waals surface area (Å²) in [6.07, 6.45) is 1.05. The van der Waals surface area contributed by atoms with Gasteiger partial charge in [-0.2, -0.15) is 0 Å². The van der Waals surface area contributed by atoms with Crippen molar-refractivity contribution < 1.29 is 4.79 Å². The van der Waals surface area contributed by atoms with Crippen LogP contribution in [0.5, 0.6) is 0 Å². The highest BCUT2D eigenvalue weighted by molar-refractivity contribution is 9.10. The smallest absolute Gasteiger partial charge is 0.255 e. The summed E-state index contributed by atoms with van der Waals surface area (Å²) in [4.78, 5) is 14.3. The van der Waals surface area contributed by atoms with Crippen LogP contribution in [0.3, 0.4) is 0 Å². The second kappa shape index (κ2) is 4.33.